The van der Waals surface area contributed by atoms with Crippen molar-refractivity contribution in [3.63, 3.8) is 0 Å². The van der Waals surface area contributed by atoms with Crippen molar-refractivity contribution in [1.29, 1.82) is 0 Å². The summed E-state index contributed by atoms with van der Waals surface area (Å²) in [6.07, 6.45) is 10.2. The van der Waals surface area contributed by atoms with E-state index in [0.29, 0.717) is 6.61 Å². The third-order valence-electron chi connectivity index (χ3n) is 2.16. The summed E-state index contributed by atoms with van der Waals surface area (Å²) in [5.41, 5.74) is 0. The van der Waals surface area contributed by atoms with Gasteiger partial charge >= 0.3 is 6.47 Å². The van der Waals surface area contributed by atoms with Gasteiger partial charge in [0.1, 0.15) is 0 Å². The monoisotopic (exact) mass is 185 g/mol. The molecule has 0 amide bonds. The molecule has 13 heavy (non-hydrogen) atoms. The third-order valence-corrected chi connectivity index (χ3v) is 2.16. The van der Waals surface area contributed by atoms with Gasteiger partial charge in [0, 0.05) is 0 Å². The van der Waals surface area contributed by atoms with Crippen molar-refractivity contribution < 1.29 is 9.53 Å². The average molecular weight is 185 g/mol. The van der Waals surface area contributed by atoms with Crippen LogP contribution in [-0.4, -0.2) is 13.1 Å². The lowest BCUT2D eigenvalue weighted by Crippen LogP contribution is -1.91. The van der Waals surface area contributed by atoms with Crippen LogP contribution in [0, 0.1) is 0 Å². The van der Waals surface area contributed by atoms with Crippen molar-refractivity contribution in [2.75, 3.05) is 6.61 Å². The maximum absolute atomic E-state index is 9.66. The summed E-state index contributed by atoms with van der Waals surface area (Å²) in [6.45, 7) is 4.21. The van der Waals surface area contributed by atoms with Crippen molar-refractivity contribution >= 4 is 6.47 Å². The molecule has 2 heteroatoms. The molecule has 2 nitrogen and oxygen atoms in total. The second kappa shape index (κ2) is 11.5. The van der Waals surface area contributed by atoms with E-state index < -0.39 is 0 Å². The Balaban J connectivity index is 2.79. The van der Waals surface area contributed by atoms with Gasteiger partial charge in [-0.25, -0.2) is 4.79 Å². The molecule has 0 fully saturated rings. The summed E-state index contributed by atoms with van der Waals surface area (Å²) in [6, 6.07) is 0. The minimum atomic E-state index is 0.540. The van der Waals surface area contributed by atoms with E-state index in [-0.39, 0.29) is 0 Å². The molecule has 0 N–H and O–H groups in total. The van der Waals surface area contributed by atoms with Crippen LogP contribution >= 0.6 is 0 Å². The lowest BCUT2D eigenvalue weighted by atomic mass is 10.1. The Hall–Kier alpha value is -0.530. The lowest BCUT2D eigenvalue weighted by Gasteiger charge is -2.00. The molecular weight excluding hydrogens is 164 g/mol. The fraction of sp³-hybridized carbons (Fsp3) is 0.909. The highest BCUT2D eigenvalue weighted by Gasteiger charge is 1.91. The number of rotatable bonds is 10. The Morgan fingerprint density at radius 2 is 1.46 bits per heavy atom. The van der Waals surface area contributed by atoms with Gasteiger partial charge in [0.15, 0.2) is 0 Å². The van der Waals surface area contributed by atoms with Crippen molar-refractivity contribution in [1.82, 2.24) is 0 Å². The first-order valence-corrected chi connectivity index (χ1v) is 5.40. The zero-order chi connectivity index (χ0) is 9.78. The normalized spacial score (nSPS) is 9.92. The highest BCUT2D eigenvalue weighted by molar-refractivity contribution is 5.37. The summed E-state index contributed by atoms with van der Waals surface area (Å²) < 4.78 is 4.47. The van der Waals surface area contributed by atoms with Gasteiger partial charge in [-0.05, 0) is 6.42 Å². The van der Waals surface area contributed by atoms with Gasteiger partial charge < -0.3 is 4.74 Å². The van der Waals surface area contributed by atoms with Gasteiger partial charge in [-0.3, -0.25) is 0 Å². The summed E-state index contributed by atoms with van der Waals surface area (Å²) in [7, 11) is 0. The molecule has 0 aromatic heterocycles. The van der Waals surface area contributed by atoms with Crippen LogP contribution in [-0.2, 0) is 9.53 Å². The highest BCUT2D eigenvalue weighted by atomic mass is 16.5. The van der Waals surface area contributed by atoms with Crippen LogP contribution < -0.4 is 0 Å². The Morgan fingerprint density at radius 3 is 2.00 bits per heavy atom. The topological polar surface area (TPSA) is 26.3 Å². The molecule has 0 atom stereocenters. The predicted molar refractivity (Wildman–Crippen MR) is 54.3 cm³/mol. The van der Waals surface area contributed by atoms with Crippen LogP contribution in [0.25, 0.3) is 0 Å². The molecule has 1 radical (unpaired) electrons. The van der Waals surface area contributed by atoms with Crippen LogP contribution in [0.5, 0.6) is 0 Å². The minimum absolute atomic E-state index is 0.540. The third kappa shape index (κ3) is 11.5. The number of hydrogen-bond acceptors (Lipinski definition) is 2. The highest BCUT2D eigenvalue weighted by Crippen LogP contribution is 2.07. The minimum Gasteiger partial charge on any atom is -0.457 e. The molecule has 77 valence electrons. The first-order chi connectivity index (χ1) is 6.41. The largest absolute Gasteiger partial charge is 0.457 e. The molecule has 0 saturated carbocycles. The van der Waals surface area contributed by atoms with Gasteiger partial charge in [0.2, 0.25) is 0 Å². The second-order valence-corrected chi connectivity index (χ2v) is 3.41. The van der Waals surface area contributed by atoms with Gasteiger partial charge in [0.25, 0.3) is 0 Å². The summed E-state index contributed by atoms with van der Waals surface area (Å²) in [5, 5.41) is 0. The first-order valence-electron chi connectivity index (χ1n) is 5.40. The van der Waals surface area contributed by atoms with E-state index in [1.807, 2.05) is 0 Å². The summed E-state index contributed by atoms with van der Waals surface area (Å²) in [5.74, 6) is 0. The van der Waals surface area contributed by atoms with Crippen molar-refractivity contribution in [3.05, 3.63) is 0 Å². The molecule has 0 aromatic rings. The Labute approximate surface area is 81.7 Å². The summed E-state index contributed by atoms with van der Waals surface area (Å²) >= 11 is 0. The molecule has 0 aliphatic rings. The quantitative estimate of drug-likeness (QED) is 0.488. The molecule has 0 bridgehead atoms. The molecule has 0 rings (SSSR count). The van der Waals surface area contributed by atoms with E-state index in [9.17, 15) is 4.79 Å². The van der Waals surface area contributed by atoms with E-state index in [1.165, 1.54) is 51.4 Å². The second-order valence-electron chi connectivity index (χ2n) is 3.41. The van der Waals surface area contributed by atoms with Crippen LogP contribution in [0.3, 0.4) is 0 Å². The Kier molecular flexibility index (Phi) is 11.0. The molecule has 0 saturated heterocycles. The smallest absolute Gasteiger partial charge is 0.417 e. The van der Waals surface area contributed by atoms with E-state index in [4.69, 9.17) is 0 Å². The molecule has 0 spiro atoms. The van der Waals surface area contributed by atoms with Gasteiger partial charge in [-0.2, -0.15) is 0 Å². The Bertz CT molecular complexity index is 102. The predicted octanol–water partition coefficient (Wildman–Crippen LogP) is 3.21. The van der Waals surface area contributed by atoms with Crippen molar-refractivity contribution in [3.8, 4) is 0 Å². The van der Waals surface area contributed by atoms with E-state index in [0.717, 1.165) is 6.42 Å². The first kappa shape index (κ1) is 12.5. The molecule has 0 unspecified atom stereocenters. The number of ether oxygens (including phenoxy) is 1. The SMILES string of the molecule is CCCCCCCCCCO[C]=O. The molecule has 0 aliphatic carbocycles. The van der Waals surface area contributed by atoms with Crippen molar-refractivity contribution in [2.45, 2.75) is 58.3 Å². The molecule has 0 aromatic carbocycles. The fourth-order valence-corrected chi connectivity index (χ4v) is 1.35. The maximum Gasteiger partial charge on any atom is 0.417 e. The van der Waals surface area contributed by atoms with E-state index >= 15 is 0 Å². The fourth-order valence-electron chi connectivity index (χ4n) is 1.35. The summed E-state index contributed by atoms with van der Waals surface area (Å²) in [4.78, 5) is 9.66. The Morgan fingerprint density at radius 1 is 0.923 bits per heavy atom. The standard InChI is InChI=1S/C11H21O2/c1-2-3-4-5-6-7-8-9-10-13-11-12/h2-10H2,1H3. The van der Waals surface area contributed by atoms with Crippen LogP contribution in [0.2, 0.25) is 0 Å². The molecule has 0 aliphatic heterocycles. The zero-order valence-corrected chi connectivity index (χ0v) is 8.68. The van der Waals surface area contributed by atoms with E-state index in [2.05, 4.69) is 11.7 Å². The van der Waals surface area contributed by atoms with Crippen LogP contribution in [0.15, 0.2) is 0 Å². The van der Waals surface area contributed by atoms with Crippen LogP contribution in [0.1, 0.15) is 58.3 Å². The van der Waals surface area contributed by atoms with Gasteiger partial charge in [0.05, 0.1) is 6.61 Å². The lowest BCUT2D eigenvalue weighted by molar-refractivity contribution is 0.268. The van der Waals surface area contributed by atoms with E-state index in [1.54, 1.807) is 0 Å². The zero-order valence-electron chi connectivity index (χ0n) is 8.68. The number of unbranched alkanes of at least 4 members (excludes halogenated alkanes) is 7. The molecular formula is C11H21O2. The number of hydrogen-bond donors (Lipinski definition) is 0. The van der Waals surface area contributed by atoms with Gasteiger partial charge in [-0.15, -0.1) is 0 Å². The van der Waals surface area contributed by atoms with Crippen LogP contribution in [0.4, 0.5) is 0 Å². The molecule has 0 heterocycles. The maximum atomic E-state index is 9.66. The number of carbonyl (C=O) groups excluding carboxylic acids is 1. The van der Waals surface area contributed by atoms with Gasteiger partial charge in [-0.1, -0.05) is 51.9 Å². The average Bonchev–Trinajstić information content (AvgIpc) is 2.16. The van der Waals surface area contributed by atoms with Crippen molar-refractivity contribution in [2.24, 2.45) is 0 Å².